The maximum atomic E-state index is 12.5. The number of ether oxygens (including phenoxy) is 6. The summed E-state index contributed by atoms with van der Waals surface area (Å²) in [4.78, 5) is 32.9. The molecule has 42 heavy (non-hydrogen) atoms. The van der Waals surface area contributed by atoms with Gasteiger partial charge in [-0.2, -0.15) is 0 Å². The molecule has 14 heteroatoms. The summed E-state index contributed by atoms with van der Waals surface area (Å²) in [5.74, 6) is -1.43. The predicted octanol–water partition coefficient (Wildman–Crippen LogP) is 1.58. The minimum atomic E-state index is -0.533. The lowest BCUT2D eigenvalue weighted by atomic mass is 10.3. The highest BCUT2D eigenvalue weighted by atomic mass is 16.5. The molecule has 0 aliphatic rings. The molecule has 242 valence electrons. The Kier molecular flexibility index (Phi) is 23.2. The smallest absolute Gasteiger partial charge is 0.273 e. The molecule has 6 N–H and O–H groups in total. The molecule has 1 aromatic rings. The first-order valence-electron chi connectivity index (χ1n) is 15.0. The van der Waals surface area contributed by atoms with Crippen molar-refractivity contribution in [2.45, 2.75) is 52.4 Å². The lowest BCUT2D eigenvalue weighted by Crippen LogP contribution is -2.31. The molecule has 1 heterocycles. The summed E-state index contributed by atoms with van der Waals surface area (Å²) in [6, 6.07) is 0. The minimum absolute atomic E-state index is 0.136. The maximum absolute atomic E-state index is 12.5. The van der Waals surface area contributed by atoms with E-state index in [-0.39, 0.29) is 23.0 Å². The molecule has 0 fully saturated rings. The first-order chi connectivity index (χ1) is 20.5. The molecule has 0 bridgehead atoms. The van der Waals surface area contributed by atoms with Crippen LogP contribution in [0.15, 0.2) is 0 Å². The Bertz CT molecular complexity index is 849. The van der Waals surface area contributed by atoms with Crippen LogP contribution in [0.2, 0.25) is 0 Å². The van der Waals surface area contributed by atoms with Crippen LogP contribution in [0.25, 0.3) is 0 Å². The average Bonchev–Trinajstić information content (AvgIpc) is 2.98. The molecular weight excluding hydrogens is 548 g/mol. The fraction of sp³-hybridized carbons (Fsp3) is 0.786. The Morgan fingerprint density at radius 1 is 0.524 bits per heavy atom. The van der Waals surface area contributed by atoms with Crippen molar-refractivity contribution in [1.29, 1.82) is 0 Å². The normalized spacial score (nSPS) is 11.1. The van der Waals surface area contributed by atoms with Gasteiger partial charge < -0.3 is 50.5 Å². The number of rotatable bonds is 28. The highest BCUT2D eigenvalue weighted by molar-refractivity contribution is 6.00. The Morgan fingerprint density at radius 2 is 0.881 bits per heavy atom. The molecule has 0 unspecified atom stereocenters. The molecule has 0 radical (unpaired) electrons. The van der Waals surface area contributed by atoms with Crippen molar-refractivity contribution >= 4 is 23.5 Å². The van der Waals surface area contributed by atoms with Crippen LogP contribution < -0.4 is 22.1 Å². The third-order valence-electron chi connectivity index (χ3n) is 5.61. The summed E-state index contributed by atoms with van der Waals surface area (Å²) in [6.45, 7) is 11.4. The van der Waals surface area contributed by atoms with Gasteiger partial charge in [0.05, 0.1) is 52.9 Å². The summed E-state index contributed by atoms with van der Waals surface area (Å²) in [5, 5.41) is 5.39. The van der Waals surface area contributed by atoms with Crippen LogP contribution in [0.4, 0.5) is 11.6 Å². The molecule has 1 aromatic heterocycles. The molecule has 14 nitrogen and oxygen atoms in total. The molecular formula is C28H52N6O8. The number of nitrogens with zero attached hydrogens (tertiary/aromatic N) is 2. The molecule has 0 aromatic carbocycles. The first-order valence-corrected chi connectivity index (χ1v) is 15.0. The van der Waals surface area contributed by atoms with Crippen LogP contribution in [0.3, 0.4) is 0 Å². The van der Waals surface area contributed by atoms with Gasteiger partial charge in [0.25, 0.3) is 11.8 Å². The van der Waals surface area contributed by atoms with Crippen LogP contribution in [-0.4, -0.2) is 114 Å². The van der Waals surface area contributed by atoms with Crippen molar-refractivity contribution in [1.82, 2.24) is 20.6 Å². The van der Waals surface area contributed by atoms with E-state index in [1.807, 2.05) is 0 Å². The number of amides is 2. The van der Waals surface area contributed by atoms with Gasteiger partial charge in [0.15, 0.2) is 23.0 Å². The fourth-order valence-electron chi connectivity index (χ4n) is 3.40. The third-order valence-corrected chi connectivity index (χ3v) is 5.61. The number of nitrogens with two attached hydrogens (primary N) is 2. The first kappa shape index (κ1) is 37.4. The van der Waals surface area contributed by atoms with E-state index in [2.05, 4.69) is 34.4 Å². The van der Waals surface area contributed by atoms with E-state index in [0.717, 1.165) is 26.1 Å². The highest BCUT2D eigenvalue weighted by Gasteiger charge is 2.20. The SMILES string of the molecule is CCCCCOCCOCCOCCCNC(=O)c1nc(N)c(C(=O)NCCCOCCOCCOCCC)nc1N. The van der Waals surface area contributed by atoms with Crippen LogP contribution in [0.5, 0.6) is 0 Å². The zero-order chi connectivity index (χ0) is 30.7. The molecule has 0 saturated heterocycles. The number of nitrogens with one attached hydrogen (secondary N) is 2. The second-order valence-corrected chi connectivity index (χ2v) is 9.29. The van der Waals surface area contributed by atoms with E-state index >= 15 is 0 Å². The standard InChI is InChI=1S/C28H52N6O8/c1-3-5-6-12-38-16-20-42-22-18-40-14-8-10-32-28(36)24-26(30)33-23(25(29)34-24)27(35)31-9-7-13-39-17-21-41-19-15-37-11-4-2/h3-22H2,1-2H3,(H2,29,34)(H2,30,33)(H,31,35)(H,32,36). The van der Waals surface area contributed by atoms with Crippen molar-refractivity contribution in [3.05, 3.63) is 11.4 Å². The van der Waals surface area contributed by atoms with Gasteiger partial charge in [-0.1, -0.05) is 26.7 Å². The number of hydrogen-bond acceptors (Lipinski definition) is 12. The third kappa shape index (κ3) is 18.7. The van der Waals surface area contributed by atoms with E-state index in [1.54, 1.807) is 0 Å². The predicted molar refractivity (Wildman–Crippen MR) is 159 cm³/mol. The fourth-order valence-corrected chi connectivity index (χ4v) is 3.40. The van der Waals surface area contributed by atoms with Gasteiger partial charge >= 0.3 is 0 Å². The Balaban J connectivity index is 2.14. The van der Waals surface area contributed by atoms with Gasteiger partial charge in [0.2, 0.25) is 0 Å². The van der Waals surface area contributed by atoms with Crippen molar-refractivity contribution in [3.8, 4) is 0 Å². The van der Waals surface area contributed by atoms with Gasteiger partial charge in [-0.15, -0.1) is 0 Å². The van der Waals surface area contributed by atoms with Gasteiger partial charge in [-0.3, -0.25) is 9.59 Å². The molecule has 0 saturated carbocycles. The summed E-state index contributed by atoms with van der Waals surface area (Å²) in [7, 11) is 0. The largest absolute Gasteiger partial charge is 0.382 e. The zero-order valence-corrected chi connectivity index (χ0v) is 25.5. The quantitative estimate of drug-likeness (QED) is 0.102. The number of unbranched alkanes of at least 4 members (excludes halogenated alkanes) is 2. The van der Waals surface area contributed by atoms with E-state index < -0.39 is 11.8 Å². The van der Waals surface area contributed by atoms with Gasteiger partial charge in [-0.25, -0.2) is 9.97 Å². The van der Waals surface area contributed by atoms with Gasteiger partial charge in [0.1, 0.15) is 0 Å². The summed E-state index contributed by atoms with van der Waals surface area (Å²) in [5.41, 5.74) is 11.5. The number of nitrogen functional groups attached to an aromatic ring is 2. The molecule has 1 rings (SSSR count). The van der Waals surface area contributed by atoms with Crippen molar-refractivity contribution in [2.24, 2.45) is 0 Å². The zero-order valence-electron chi connectivity index (χ0n) is 25.5. The van der Waals surface area contributed by atoms with E-state index in [4.69, 9.17) is 39.9 Å². The van der Waals surface area contributed by atoms with Gasteiger partial charge in [0, 0.05) is 39.5 Å². The number of carbonyl (C=O) groups excluding carboxylic acids is 2. The summed E-state index contributed by atoms with van der Waals surface area (Å²) in [6.07, 6.45) is 5.59. The second kappa shape index (κ2) is 26.0. The van der Waals surface area contributed by atoms with Crippen molar-refractivity contribution in [3.63, 3.8) is 0 Å². The molecule has 0 aliphatic heterocycles. The number of anilines is 2. The van der Waals surface area contributed by atoms with Crippen molar-refractivity contribution in [2.75, 3.05) is 104 Å². The monoisotopic (exact) mass is 600 g/mol. The molecule has 0 aliphatic carbocycles. The second-order valence-electron chi connectivity index (χ2n) is 9.29. The minimum Gasteiger partial charge on any atom is -0.382 e. The lowest BCUT2D eigenvalue weighted by molar-refractivity contribution is 0.0136. The molecule has 0 atom stereocenters. The number of carbonyl (C=O) groups is 2. The number of aromatic nitrogens is 2. The van der Waals surface area contributed by atoms with Crippen LogP contribution in [0, 0.1) is 0 Å². The van der Waals surface area contributed by atoms with E-state index in [1.165, 1.54) is 12.8 Å². The van der Waals surface area contributed by atoms with Crippen LogP contribution in [0.1, 0.15) is 73.3 Å². The summed E-state index contributed by atoms with van der Waals surface area (Å²) >= 11 is 0. The summed E-state index contributed by atoms with van der Waals surface area (Å²) < 4.78 is 32.6. The lowest BCUT2D eigenvalue weighted by Gasteiger charge is -2.11. The topological polar surface area (TPSA) is 191 Å². The Hall–Kier alpha value is -2.62. The Labute approximate surface area is 249 Å². The molecule has 2 amide bonds. The van der Waals surface area contributed by atoms with Gasteiger partial charge in [-0.05, 0) is 25.7 Å². The highest BCUT2D eigenvalue weighted by Crippen LogP contribution is 2.13. The Morgan fingerprint density at radius 3 is 1.26 bits per heavy atom. The average molecular weight is 601 g/mol. The van der Waals surface area contributed by atoms with Crippen molar-refractivity contribution < 1.29 is 38.0 Å². The van der Waals surface area contributed by atoms with Crippen LogP contribution >= 0.6 is 0 Å². The van der Waals surface area contributed by atoms with E-state index in [9.17, 15) is 9.59 Å². The molecule has 0 spiro atoms. The maximum Gasteiger partial charge on any atom is 0.273 e. The number of hydrogen-bond donors (Lipinski definition) is 4. The van der Waals surface area contributed by atoms with E-state index in [0.29, 0.717) is 92.0 Å². The van der Waals surface area contributed by atoms with Crippen LogP contribution in [-0.2, 0) is 28.4 Å².